The highest BCUT2D eigenvalue weighted by Crippen LogP contribution is 2.33. The summed E-state index contributed by atoms with van der Waals surface area (Å²) in [6.45, 7) is -0.271. The van der Waals surface area contributed by atoms with Gasteiger partial charge >= 0.3 is 12.1 Å². The van der Waals surface area contributed by atoms with E-state index in [2.05, 4.69) is 14.6 Å². The van der Waals surface area contributed by atoms with Crippen LogP contribution in [0.5, 0.6) is 0 Å². The molecule has 1 aromatic heterocycles. The fourth-order valence-corrected chi connectivity index (χ4v) is 4.29. The van der Waals surface area contributed by atoms with Gasteiger partial charge in [0.2, 0.25) is 15.9 Å². The second-order valence-electron chi connectivity index (χ2n) is 5.72. The Morgan fingerprint density at radius 3 is 2.58 bits per heavy atom. The summed E-state index contributed by atoms with van der Waals surface area (Å²) in [5.41, 5.74) is 0. The van der Waals surface area contributed by atoms with Crippen LogP contribution in [-0.4, -0.2) is 36.0 Å². The van der Waals surface area contributed by atoms with Crippen molar-refractivity contribution in [1.82, 2.24) is 14.5 Å². The number of benzene rings is 1. The highest BCUT2D eigenvalue weighted by Gasteiger charge is 2.40. The summed E-state index contributed by atoms with van der Waals surface area (Å²) in [4.78, 5) is -0.834. The Labute approximate surface area is 144 Å². The van der Waals surface area contributed by atoms with Crippen molar-refractivity contribution in [2.75, 3.05) is 13.1 Å². The molecule has 0 saturated carbocycles. The van der Waals surface area contributed by atoms with Crippen molar-refractivity contribution in [3.05, 3.63) is 41.6 Å². The van der Waals surface area contributed by atoms with E-state index in [-0.39, 0.29) is 25.4 Å². The molecule has 1 aliphatic heterocycles. The minimum Gasteiger partial charge on any atom is -0.417 e. The Morgan fingerprint density at radius 1 is 1.19 bits per heavy atom. The lowest BCUT2D eigenvalue weighted by atomic mass is 10.00. The molecule has 2 heterocycles. The molecule has 0 spiro atoms. The van der Waals surface area contributed by atoms with Gasteiger partial charge in [-0.25, -0.2) is 17.2 Å². The van der Waals surface area contributed by atoms with Crippen LogP contribution in [0.25, 0.3) is 0 Å². The summed E-state index contributed by atoms with van der Waals surface area (Å²) < 4.78 is 95.4. The zero-order chi connectivity index (χ0) is 19.1. The lowest BCUT2D eigenvalue weighted by Crippen LogP contribution is -2.39. The highest BCUT2D eigenvalue weighted by atomic mass is 32.2. The zero-order valence-corrected chi connectivity index (χ0v) is 13.8. The van der Waals surface area contributed by atoms with Gasteiger partial charge in [0.15, 0.2) is 0 Å². The minimum absolute atomic E-state index is 0.00898. The van der Waals surface area contributed by atoms with Gasteiger partial charge in [-0.05, 0) is 31.0 Å². The Bertz CT molecular complexity index is 913. The number of sulfonamides is 1. The molecule has 1 aliphatic rings. The predicted octanol–water partition coefficient (Wildman–Crippen LogP) is 2.93. The molecule has 142 valence electrons. The van der Waals surface area contributed by atoms with Crippen LogP contribution in [0.1, 0.15) is 30.5 Å². The largest absolute Gasteiger partial charge is 0.470 e. The average molecular weight is 397 g/mol. The zero-order valence-electron chi connectivity index (χ0n) is 13.0. The van der Waals surface area contributed by atoms with Crippen LogP contribution in [0, 0.1) is 11.6 Å². The van der Waals surface area contributed by atoms with Crippen LogP contribution in [-0.2, 0) is 16.2 Å². The molecule has 1 atom stereocenters. The maximum atomic E-state index is 13.8. The molecule has 0 bridgehead atoms. The van der Waals surface area contributed by atoms with Crippen molar-refractivity contribution >= 4 is 10.0 Å². The molecule has 1 saturated heterocycles. The first-order chi connectivity index (χ1) is 12.1. The van der Waals surface area contributed by atoms with Crippen LogP contribution in [0.15, 0.2) is 27.5 Å². The summed E-state index contributed by atoms with van der Waals surface area (Å²) in [6.07, 6.45) is -4.21. The van der Waals surface area contributed by atoms with Crippen molar-refractivity contribution in [2.24, 2.45) is 0 Å². The maximum absolute atomic E-state index is 13.8. The second-order valence-corrected chi connectivity index (χ2v) is 7.63. The second kappa shape index (κ2) is 6.58. The number of halogens is 5. The van der Waals surface area contributed by atoms with Gasteiger partial charge in [0.25, 0.3) is 0 Å². The van der Waals surface area contributed by atoms with Crippen LogP contribution in [0.4, 0.5) is 22.0 Å². The number of rotatable bonds is 3. The van der Waals surface area contributed by atoms with Crippen LogP contribution < -0.4 is 0 Å². The molecule has 1 unspecified atom stereocenters. The van der Waals surface area contributed by atoms with E-state index in [0.29, 0.717) is 18.6 Å². The van der Waals surface area contributed by atoms with Crippen LogP contribution in [0.3, 0.4) is 0 Å². The Hall–Kier alpha value is -2.08. The van der Waals surface area contributed by atoms with Gasteiger partial charge in [-0.1, -0.05) is 0 Å². The van der Waals surface area contributed by atoms with Gasteiger partial charge in [0, 0.05) is 13.1 Å². The topological polar surface area (TPSA) is 76.3 Å². The molecule has 2 aromatic rings. The fourth-order valence-electron chi connectivity index (χ4n) is 2.69. The summed E-state index contributed by atoms with van der Waals surface area (Å²) in [7, 11) is -4.37. The number of hydrogen-bond acceptors (Lipinski definition) is 5. The summed E-state index contributed by atoms with van der Waals surface area (Å²) in [5.74, 6) is -4.70. The molecular formula is C14H12F5N3O3S. The minimum atomic E-state index is -4.81. The summed E-state index contributed by atoms with van der Waals surface area (Å²) >= 11 is 0. The quantitative estimate of drug-likeness (QED) is 0.745. The Morgan fingerprint density at radius 2 is 1.92 bits per heavy atom. The lowest BCUT2D eigenvalue weighted by Gasteiger charge is -2.30. The first-order valence-electron chi connectivity index (χ1n) is 7.45. The standard InChI is InChI=1S/C14H12F5N3O3S/c15-9-3-4-10(16)11(6-9)26(23,24)22-5-1-2-8(7-22)12-20-21-13(25-12)14(17,18)19/h3-4,6,8H,1-2,5,7H2. The van der Waals surface area contributed by atoms with Crippen molar-refractivity contribution in [1.29, 1.82) is 0 Å². The van der Waals surface area contributed by atoms with Crippen molar-refractivity contribution in [3.63, 3.8) is 0 Å². The molecule has 6 nitrogen and oxygen atoms in total. The summed E-state index contributed by atoms with van der Waals surface area (Å²) in [6, 6.07) is 2.03. The van der Waals surface area contributed by atoms with Gasteiger partial charge in [-0.3, -0.25) is 0 Å². The molecule has 1 fully saturated rings. The van der Waals surface area contributed by atoms with E-state index >= 15 is 0 Å². The van der Waals surface area contributed by atoms with E-state index in [1.165, 1.54) is 0 Å². The van der Waals surface area contributed by atoms with Gasteiger partial charge in [0.05, 0.1) is 5.92 Å². The molecule has 0 N–H and O–H groups in total. The molecule has 12 heteroatoms. The first kappa shape index (κ1) is 18.7. The first-order valence-corrected chi connectivity index (χ1v) is 8.89. The number of alkyl halides is 3. The third-order valence-electron chi connectivity index (χ3n) is 3.93. The van der Waals surface area contributed by atoms with Crippen LogP contribution >= 0.6 is 0 Å². The van der Waals surface area contributed by atoms with E-state index in [0.717, 1.165) is 10.4 Å². The van der Waals surface area contributed by atoms with E-state index < -0.39 is 44.5 Å². The average Bonchev–Trinajstić information content (AvgIpc) is 3.07. The molecule has 1 aromatic carbocycles. The van der Waals surface area contributed by atoms with E-state index in [9.17, 15) is 30.4 Å². The molecule has 0 amide bonds. The van der Waals surface area contributed by atoms with E-state index in [1.54, 1.807) is 0 Å². The Balaban J connectivity index is 1.86. The maximum Gasteiger partial charge on any atom is 0.470 e. The number of piperidine rings is 1. The van der Waals surface area contributed by atoms with Gasteiger partial charge in [-0.2, -0.15) is 17.5 Å². The van der Waals surface area contributed by atoms with Crippen molar-refractivity contribution in [2.45, 2.75) is 29.8 Å². The fraction of sp³-hybridized carbons (Fsp3) is 0.429. The molecule has 0 radical (unpaired) electrons. The third kappa shape index (κ3) is 3.56. The molecule has 26 heavy (non-hydrogen) atoms. The van der Waals surface area contributed by atoms with Crippen molar-refractivity contribution < 1.29 is 34.8 Å². The number of aromatic nitrogens is 2. The highest BCUT2D eigenvalue weighted by molar-refractivity contribution is 7.89. The number of nitrogens with zero attached hydrogens (tertiary/aromatic N) is 3. The van der Waals surface area contributed by atoms with Crippen LogP contribution in [0.2, 0.25) is 0 Å². The van der Waals surface area contributed by atoms with Crippen molar-refractivity contribution in [3.8, 4) is 0 Å². The molecule has 0 aliphatic carbocycles. The summed E-state index contributed by atoms with van der Waals surface area (Å²) in [5, 5.41) is 6.25. The monoisotopic (exact) mass is 397 g/mol. The van der Waals surface area contributed by atoms with Gasteiger partial charge in [-0.15, -0.1) is 10.2 Å². The Kier molecular flexibility index (Phi) is 4.73. The molecule has 3 rings (SSSR count). The SMILES string of the molecule is O=S(=O)(c1cc(F)ccc1F)N1CCCC(c2nnc(C(F)(F)F)o2)C1. The van der Waals surface area contributed by atoms with E-state index in [4.69, 9.17) is 0 Å². The molecular weight excluding hydrogens is 385 g/mol. The third-order valence-corrected chi connectivity index (χ3v) is 5.81. The predicted molar refractivity (Wildman–Crippen MR) is 76.4 cm³/mol. The van der Waals surface area contributed by atoms with E-state index in [1.807, 2.05) is 0 Å². The number of hydrogen-bond donors (Lipinski definition) is 0. The normalized spacial score (nSPS) is 19.7. The smallest absolute Gasteiger partial charge is 0.417 e. The van der Waals surface area contributed by atoms with Gasteiger partial charge < -0.3 is 4.42 Å². The van der Waals surface area contributed by atoms with Gasteiger partial charge in [0.1, 0.15) is 16.5 Å². The lowest BCUT2D eigenvalue weighted by molar-refractivity contribution is -0.157.